The average Bonchev–Trinajstić information content (AvgIpc) is 3.93. The van der Waals surface area contributed by atoms with Crippen molar-refractivity contribution in [2.24, 2.45) is 11.3 Å². The van der Waals surface area contributed by atoms with Crippen molar-refractivity contribution in [3.8, 4) is 11.5 Å². The summed E-state index contributed by atoms with van der Waals surface area (Å²) in [4.78, 5) is 26.3. The number of sulfonamides is 1. The van der Waals surface area contributed by atoms with Gasteiger partial charge in [-0.25, -0.2) is 13.2 Å². The maximum absolute atomic E-state index is 14.5. The van der Waals surface area contributed by atoms with Crippen LogP contribution in [0.25, 0.3) is 0 Å². The molecular weight excluding hydrogens is 698 g/mol. The monoisotopic (exact) mass is 746 g/mol. The van der Waals surface area contributed by atoms with Gasteiger partial charge in [-0.2, -0.15) is 4.31 Å². The van der Waals surface area contributed by atoms with Gasteiger partial charge in [0, 0.05) is 38.0 Å². The van der Waals surface area contributed by atoms with Gasteiger partial charge in [0.05, 0.1) is 49.5 Å². The Kier molecular flexibility index (Phi) is 12.1. The third-order valence-electron chi connectivity index (χ3n) is 10.1. The van der Waals surface area contributed by atoms with Crippen molar-refractivity contribution in [3.05, 3.63) is 54.1 Å². The number of rotatable bonds is 16. The number of benzene rings is 2. The highest BCUT2D eigenvalue weighted by atomic mass is 32.2. The first-order valence-electron chi connectivity index (χ1n) is 17.8. The number of alkyl carbamates (subject to hydrolysis) is 1. The predicted octanol–water partition coefficient (Wildman–Crippen LogP) is 2.11. The van der Waals surface area contributed by atoms with Crippen LogP contribution in [0.3, 0.4) is 0 Å². The van der Waals surface area contributed by atoms with E-state index in [9.17, 15) is 28.2 Å². The van der Waals surface area contributed by atoms with E-state index in [2.05, 4.69) is 5.32 Å². The summed E-state index contributed by atoms with van der Waals surface area (Å²) < 4.78 is 63.1. The van der Waals surface area contributed by atoms with E-state index in [-0.39, 0.29) is 49.0 Å². The van der Waals surface area contributed by atoms with Crippen molar-refractivity contribution >= 4 is 22.2 Å². The van der Waals surface area contributed by atoms with Crippen molar-refractivity contribution in [1.29, 1.82) is 0 Å². The number of hydrogen-bond donors (Lipinski definition) is 2. The van der Waals surface area contributed by atoms with Gasteiger partial charge in [0.2, 0.25) is 16.8 Å². The number of carbonyl (C=O) groups excluding carboxylic acids is 2. The second kappa shape index (κ2) is 16.6. The second-order valence-electron chi connectivity index (χ2n) is 14.5. The average molecular weight is 747 g/mol. The van der Waals surface area contributed by atoms with E-state index < -0.39 is 58.6 Å². The van der Waals surface area contributed by atoms with E-state index >= 15 is 0 Å². The summed E-state index contributed by atoms with van der Waals surface area (Å²) in [7, 11) is -4.28. The summed E-state index contributed by atoms with van der Waals surface area (Å²) in [5, 5.41) is 27.8. The van der Waals surface area contributed by atoms with Crippen LogP contribution in [-0.4, -0.2) is 118 Å². The van der Waals surface area contributed by atoms with Gasteiger partial charge in [0.1, 0.15) is 12.2 Å². The van der Waals surface area contributed by atoms with Crippen molar-refractivity contribution in [3.63, 3.8) is 0 Å². The van der Waals surface area contributed by atoms with Crippen LogP contribution >= 0.6 is 0 Å². The minimum absolute atomic E-state index is 0.0286. The molecule has 0 spiro atoms. The highest BCUT2D eigenvalue weighted by Gasteiger charge is 2.47. The number of nitrogens with one attached hydrogen (secondary N) is 1. The molecule has 0 aliphatic carbocycles. The van der Waals surface area contributed by atoms with Gasteiger partial charge < -0.3 is 53.6 Å². The molecule has 3 saturated heterocycles. The lowest BCUT2D eigenvalue weighted by Crippen LogP contribution is -2.61. The molecule has 4 aliphatic rings. The first-order chi connectivity index (χ1) is 24.9. The van der Waals surface area contributed by atoms with Crippen molar-refractivity contribution in [1.82, 2.24) is 14.5 Å². The van der Waals surface area contributed by atoms with Crippen LogP contribution in [0.5, 0.6) is 11.5 Å². The smallest absolute Gasteiger partial charge is 0.407 e. The molecule has 2 N–H and O–H groups in total. The first-order valence-corrected chi connectivity index (χ1v) is 19.2. The maximum atomic E-state index is 14.5. The van der Waals surface area contributed by atoms with Gasteiger partial charge in [0.25, 0.3) is 0 Å². The number of amides is 2. The molecule has 0 saturated carbocycles. The highest BCUT2D eigenvalue weighted by molar-refractivity contribution is 7.89. The molecule has 15 nitrogen and oxygen atoms in total. The lowest BCUT2D eigenvalue weighted by Gasteiger charge is -2.43. The van der Waals surface area contributed by atoms with Crippen LogP contribution < -0.4 is 19.9 Å². The molecule has 6 rings (SSSR count). The second-order valence-corrected chi connectivity index (χ2v) is 16.4. The van der Waals surface area contributed by atoms with Gasteiger partial charge in [0.15, 0.2) is 17.8 Å². The van der Waals surface area contributed by atoms with Crippen LogP contribution in [0.4, 0.5) is 9.59 Å². The maximum Gasteiger partial charge on any atom is 0.407 e. The molecule has 2 aromatic rings. The normalized spacial score (nSPS) is 23.7. The molecule has 6 atom stereocenters. The summed E-state index contributed by atoms with van der Waals surface area (Å²) in [5.41, 5.74) is 0.109. The van der Waals surface area contributed by atoms with E-state index in [1.54, 1.807) is 0 Å². The standard InChI is InChI=1S/C36H49N3O12S/c1-36(2,13-6-14-37-34(41)51-25-11-15-46-20-25)22-38(52(44,45)26-9-10-31-32(18-26)50-23-49-31)19-30(40)28(17-24-7-4-3-5-8-24)39(35(42)43)29-21-48-33-27(29)12-16-47-33/h3-5,7-10,18,25,27-30,33,40H,6,11-17,19-23H2,1-2H3,(H,37,41)(H,42,43)/p-1/t25-,27+,28+,29+,30-,33-/m1/s1. The predicted molar refractivity (Wildman–Crippen MR) is 183 cm³/mol. The minimum Gasteiger partial charge on any atom is -0.530 e. The first kappa shape index (κ1) is 38.1. The molecule has 0 aromatic heterocycles. The van der Waals surface area contributed by atoms with Crippen molar-refractivity contribution in [2.45, 2.75) is 81.4 Å². The van der Waals surface area contributed by atoms with E-state index in [0.717, 1.165) is 10.5 Å². The van der Waals surface area contributed by atoms with Gasteiger partial charge in [-0.15, -0.1) is 0 Å². The van der Waals surface area contributed by atoms with Crippen LogP contribution in [0, 0.1) is 11.3 Å². The molecule has 16 heteroatoms. The number of aliphatic hydroxyl groups is 1. The van der Waals surface area contributed by atoms with Crippen LogP contribution in [0.2, 0.25) is 0 Å². The zero-order valence-corrected chi connectivity index (χ0v) is 30.3. The zero-order chi connectivity index (χ0) is 36.9. The quantitative estimate of drug-likeness (QED) is 0.239. The number of aliphatic hydroxyl groups excluding tert-OH is 1. The Balaban J connectivity index is 1.23. The van der Waals surface area contributed by atoms with E-state index in [0.29, 0.717) is 57.8 Å². The number of fused-ring (bicyclic) bond motifs is 2. The SMILES string of the molecule is CC(C)(CCCNC(=O)O[C@@H]1CCOC1)CN(C[C@@H](O)[C@H](Cc1ccccc1)N(C(=O)[O-])[C@H]1CO[C@H]2OCC[C@H]21)S(=O)(=O)c1ccc2c(c1)OCO2. The molecule has 2 amide bonds. The fourth-order valence-electron chi connectivity index (χ4n) is 7.40. The summed E-state index contributed by atoms with van der Waals surface area (Å²) in [6.07, 6.45) is -1.98. The summed E-state index contributed by atoms with van der Waals surface area (Å²) in [5.74, 6) is 0.439. The molecule has 0 bridgehead atoms. The van der Waals surface area contributed by atoms with Crippen molar-refractivity contribution < 1.29 is 56.6 Å². The number of ether oxygens (including phenoxy) is 6. The van der Waals surface area contributed by atoms with E-state index in [4.69, 9.17) is 28.4 Å². The summed E-state index contributed by atoms with van der Waals surface area (Å²) in [6.45, 7) is 5.02. The largest absolute Gasteiger partial charge is 0.530 e. The molecule has 286 valence electrons. The fraction of sp³-hybridized carbons (Fsp3) is 0.611. The molecule has 4 aliphatic heterocycles. The van der Waals surface area contributed by atoms with Gasteiger partial charge in [-0.05, 0) is 48.8 Å². The summed E-state index contributed by atoms with van der Waals surface area (Å²) >= 11 is 0. The van der Waals surface area contributed by atoms with E-state index in [1.807, 2.05) is 44.2 Å². The number of nitrogens with zero attached hydrogens (tertiary/aromatic N) is 2. The van der Waals surface area contributed by atoms with E-state index in [1.165, 1.54) is 22.5 Å². The minimum atomic E-state index is -4.28. The molecule has 2 aromatic carbocycles. The van der Waals surface area contributed by atoms with Crippen LogP contribution in [0.15, 0.2) is 53.4 Å². The summed E-state index contributed by atoms with van der Waals surface area (Å²) in [6, 6.07) is 11.7. The van der Waals surface area contributed by atoms with Gasteiger partial charge in [-0.1, -0.05) is 44.2 Å². The Morgan fingerprint density at radius 3 is 2.60 bits per heavy atom. The Morgan fingerprint density at radius 2 is 1.85 bits per heavy atom. The number of carbonyl (C=O) groups is 2. The fourth-order valence-corrected chi connectivity index (χ4v) is 9.06. The number of carboxylic acid groups (broad SMARTS) is 1. The van der Waals surface area contributed by atoms with Crippen molar-refractivity contribution in [2.75, 3.05) is 52.9 Å². The third kappa shape index (κ3) is 9.09. The molecular formula is C36H48N3O12S-. The Labute approximate surface area is 304 Å². The number of hydrogen-bond acceptors (Lipinski definition) is 12. The molecule has 52 heavy (non-hydrogen) atoms. The van der Waals surface area contributed by atoms with Gasteiger partial charge >= 0.3 is 6.09 Å². The molecule has 0 unspecified atom stereocenters. The highest BCUT2D eigenvalue weighted by Crippen LogP contribution is 2.38. The lowest BCUT2D eigenvalue weighted by atomic mass is 9.87. The topological polar surface area (TPSA) is 185 Å². The molecule has 3 fully saturated rings. The van der Waals surface area contributed by atoms with Gasteiger partial charge in [-0.3, -0.25) is 0 Å². The lowest BCUT2D eigenvalue weighted by molar-refractivity contribution is -0.273. The Bertz CT molecular complexity index is 1640. The molecule has 4 heterocycles. The molecule has 0 radical (unpaired) electrons. The third-order valence-corrected chi connectivity index (χ3v) is 11.9. The van der Waals surface area contributed by atoms with Crippen LogP contribution in [0.1, 0.15) is 45.1 Å². The Hall–Kier alpha value is -3.67. The Morgan fingerprint density at radius 1 is 1.06 bits per heavy atom. The zero-order valence-electron chi connectivity index (χ0n) is 29.5. The van der Waals surface area contributed by atoms with Crippen LogP contribution in [-0.2, 0) is 35.4 Å².